The van der Waals surface area contributed by atoms with E-state index < -0.39 is 7.67 Å². The third kappa shape index (κ3) is 6.34. The Labute approximate surface area is 222 Å². The van der Waals surface area contributed by atoms with Gasteiger partial charge in [0.25, 0.3) is 7.67 Å². The highest BCUT2D eigenvalue weighted by Gasteiger charge is 2.43. The van der Waals surface area contributed by atoms with Crippen LogP contribution in [-0.4, -0.2) is 40.4 Å². The minimum absolute atomic E-state index is 0.0214. The van der Waals surface area contributed by atoms with Gasteiger partial charge in [-0.2, -0.15) is 4.20 Å². The van der Waals surface area contributed by atoms with Crippen molar-refractivity contribution in [2.45, 2.75) is 121 Å². The molecule has 0 aromatic heterocycles. The zero-order valence-electron chi connectivity index (χ0n) is 25.4. The van der Waals surface area contributed by atoms with Gasteiger partial charge in [0.15, 0.2) is 0 Å². The summed E-state index contributed by atoms with van der Waals surface area (Å²) >= 11 is 0. The van der Waals surface area contributed by atoms with Gasteiger partial charge in [-0.1, -0.05) is 57.6 Å². The van der Waals surface area contributed by atoms with Crippen LogP contribution in [0.25, 0.3) is 0 Å². The van der Waals surface area contributed by atoms with E-state index in [0.29, 0.717) is 0 Å². The summed E-state index contributed by atoms with van der Waals surface area (Å²) in [7, 11) is -3.61. The number of benzene rings is 2. The van der Waals surface area contributed by atoms with Crippen molar-refractivity contribution < 1.29 is 4.20 Å². The third-order valence-corrected chi connectivity index (χ3v) is 10.5. The van der Waals surface area contributed by atoms with Gasteiger partial charge in [-0.3, -0.25) is 4.66 Å². The molecule has 0 spiro atoms. The number of nitrogens with zero attached hydrogens (tertiary/aromatic N) is 3. The van der Waals surface area contributed by atoms with Gasteiger partial charge < -0.3 is 0 Å². The van der Waals surface area contributed by atoms with E-state index in [9.17, 15) is 0 Å². The largest absolute Gasteiger partial charge is 0.349 e. The minimum atomic E-state index is -3.61. The van der Waals surface area contributed by atoms with E-state index in [1.807, 2.05) is 0 Å². The topological polar surface area (TPSA) is 18.8 Å². The third-order valence-electron chi connectivity index (χ3n) is 6.99. The van der Waals surface area contributed by atoms with E-state index in [1.54, 1.807) is 0 Å². The maximum atomic E-state index is 18.2. The van der Waals surface area contributed by atoms with E-state index in [2.05, 4.69) is 131 Å². The first kappa shape index (κ1) is 30.8. The molecule has 0 aliphatic heterocycles. The molecule has 0 unspecified atom stereocenters. The van der Waals surface area contributed by atoms with E-state index in [1.165, 1.54) is 33.4 Å². The lowest BCUT2D eigenvalue weighted by Gasteiger charge is -2.46. The van der Waals surface area contributed by atoms with Gasteiger partial charge in [0.05, 0.1) is 0 Å². The molecule has 36 heavy (non-hydrogen) atoms. The standard InChI is InChI=1S/C30H50BFN3P/c1-19(2)34(20(3)4)36(32,35(21(5)6)22(7)8)33-31(29-25(11)15-23(9)16-26(29)12)30-27(13)17-24(10)18-28(30)14/h15-22H,1-14H3. The van der Waals surface area contributed by atoms with E-state index in [0.717, 1.165) is 10.9 Å². The molecule has 0 aliphatic rings. The molecular weight excluding hydrogens is 463 g/mol. The molecule has 0 aliphatic carbocycles. The molecule has 0 heterocycles. The first-order valence-corrected chi connectivity index (χ1v) is 15.1. The second-order valence-corrected chi connectivity index (χ2v) is 13.9. The molecule has 200 valence electrons. The normalized spacial score (nSPS) is 12.7. The molecule has 0 amide bonds. The van der Waals surface area contributed by atoms with E-state index >= 15 is 4.20 Å². The molecular formula is C30H50BFN3P. The summed E-state index contributed by atoms with van der Waals surface area (Å²) in [5.74, 6) is 0. The maximum absolute atomic E-state index is 18.2. The molecule has 2 aromatic carbocycles. The smallest absolute Gasteiger partial charge is 0.293 e. The molecule has 0 N–H and O–H groups in total. The number of hydrogen-bond donors (Lipinski definition) is 0. The average molecular weight is 514 g/mol. The lowest BCUT2D eigenvalue weighted by molar-refractivity contribution is 0.231. The number of halogens is 1. The van der Waals surface area contributed by atoms with Crippen molar-refractivity contribution in [1.82, 2.24) is 9.34 Å². The Morgan fingerprint density at radius 3 is 1.06 bits per heavy atom. The molecule has 3 nitrogen and oxygen atoms in total. The highest BCUT2D eigenvalue weighted by Crippen LogP contribution is 2.62. The van der Waals surface area contributed by atoms with Crippen LogP contribution >= 0.6 is 7.67 Å². The highest BCUT2D eigenvalue weighted by atomic mass is 31.2. The summed E-state index contributed by atoms with van der Waals surface area (Å²) in [5, 5.41) is 0. The zero-order valence-corrected chi connectivity index (χ0v) is 26.3. The zero-order chi connectivity index (χ0) is 27.7. The van der Waals surface area contributed by atoms with Crippen molar-refractivity contribution in [3.63, 3.8) is 0 Å². The fourth-order valence-electron chi connectivity index (χ4n) is 6.26. The maximum Gasteiger partial charge on any atom is 0.349 e. The Balaban J connectivity index is 3.14. The summed E-state index contributed by atoms with van der Waals surface area (Å²) in [5.41, 5.74) is 9.42. The quantitative estimate of drug-likeness (QED) is 0.252. The van der Waals surface area contributed by atoms with Crippen molar-refractivity contribution in [3.05, 3.63) is 57.6 Å². The fraction of sp³-hybridized carbons (Fsp3) is 0.600. The van der Waals surface area contributed by atoms with Crippen LogP contribution < -0.4 is 10.9 Å². The van der Waals surface area contributed by atoms with Crippen LogP contribution in [0.15, 0.2) is 28.9 Å². The van der Waals surface area contributed by atoms with Gasteiger partial charge in [0.2, 0.25) is 0 Å². The first-order valence-electron chi connectivity index (χ1n) is 13.6. The summed E-state index contributed by atoms with van der Waals surface area (Å²) in [6.07, 6.45) is 0. The lowest BCUT2D eigenvalue weighted by Crippen LogP contribution is -2.49. The van der Waals surface area contributed by atoms with Crippen molar-refractivity contribution in [3.8, 4) is 0 Å². The molecule has 6 heteroatoms. The molecule has 0 saturated carbocycles. The van der Waals surface area contributed by atoms with Crippen LogP contribution in [0.3, 0.4) is 0 Å². The molecule has 0 saturated heterocycles. The van der Waals surface area contributed by atoms with E-state index in [-0.39, 0.29) is 31.0 Å². The van der Waals surface area contributed by atoms with Gasteiger partial charge in [-0.25, -0.2) is 9.34 Å². The molecule has 2 rings (SSSR count). The van der Waals surface area contributed by atoms with Gasteiger partial charge in [-0.15, -0.1) is 0 Å². The Morgan fingerprint density at radius 1 is 0.583 bits per heavy atom. The Kier molecular flexibility index (Phi) is 10.2. The summed E-state index contributed by atoms with van der Waals surface area (Å²) < 4.78 is 27.8. The van der Waals surface area contributed by atoms with Crippen LogP contribution in [-0.2, 0) is 0 Å². The summed E-state index contributed by atoms with van der Waals surface area (Å²) in [6.45, 7) is 29.3. The summed E-state index contributed by atoms with van der Waals surface area (Å²) in [4.78, 5) is 0. The number of hydrogen-bond acceptors (Lipinski definition) is 1. The van der Waals surface area contributed by atoms with Crippen LogP contribution in [0, 0.1) is 41.5 Å². The first-order chi connectivity index (χ1) is 16.5. The predicted molar refractivity (Wildman–Crippen MR) is 161 cm³/mol. The van der Waals surface area contributed by atoms with Gasteiger partial charge in [-0.05, 0) is 108 Å². The van der Waals surface area contributed by atoms with E-state index in [4.69, 9.17) is 4.66 Å². The minimum Gasteiger partial charge on any atom is -0.293 e. The Hall–Kier alpha value is -1.42. The molecule has 0 atom stereocenters. The van der Waals surface area contributed by atoms with Crippen molar-refractivity contribution >= 4 is 25.4 Å². The second-order valence-electron chi connectivity index (χ2n) is 11.8. The Morgan fingerprint density at radius 2 is 0.833 bits per heavy atom. The van der Waals surface area contributed by atoms with Gasteiger partial charge in [0, 0.05) is 24.2 Å². The second kappa shape index (κ2) is 12.0. The van der Waals surface area contributed by atoms with Gasteiger partial charge >= 0.3 is 6.85 Å². The lowest BCUT2D eigenvalue weighted by atomic mass is 9.48. The van der Waals surface area contributed by atoms with Gasteiger partial charge in [0.1, 0.15) is 0 Å². The van der Waals surface area contributed by atoms with Crippen molar-refractivity contribution in [1.29, 1.82) is 0 Å². The number of rotatable bonds is 9. The molecule has 2 aromatic rings. The monoisotopic (exact) mass is 513 g/mol. The molecule has 0 radical (unpaired) electrons. The van der Waals surface area contributed by atoms with Crippen LogP contribution in [0.5, 0.6) is 0 Å². The predicted octanol–water partition coefficient (Wildman–Crippen LogP) is 7.80. The Bertz CT molecular complexity index is 980. The summed E-state index contributed by atoms with van der Waals surface area (Å²) in [6, 6.07) is 8.95. The van der Waals surface area contributed by atoms with Crippen LogP contribution in [0.4, 0.5) is 4.20 Å². The van der Waals surface area contributed by atoms with Crippen LogP contribution in [0.2, 0.25) is 0 Å². The SMILES string of the molecule is Cc1cc(C)c(B(N=P(F)(N(C(C)C)C(C)C)N(C(C)C)C(C)C)c2c(C)cc(C)cc2C)c(C)c1. The molecule has 0 bridgehead atoms. The highest BCUT2D eigenvalue weighted by molar-refractivity contribution is 7.57. The fourth-order valence-corrected chi connectivity index (χ4v) is 9.61. The van der Waals surface area contributed by atoms with Crippen molar-refractivity contribution in [2.75, 3.05) is 0 Å². The average Bonchev–Trinajstić information content (AvgIpc) is 2.64. The van der Waals surface area contributed by atoms with Crippen LogP contribution in [0.1, 0.15) is 88.8 Å². The number of aryl methyl sites for hydroxylation is 6. The van der Waals surface area contributed by atoms with Crippen molar-refractivity contribution in [2.24, 2.45) is 4.66 Å². The molecule has 0 fully saturated rings.